The Morgan fingerprint density at radius 2 is 1.79 bits per heavy atom. The van der Waals surface area contributed by atoms with Gasteiger partial charge in [0.2, 0.25) is 6.41 Å². The van der Waals surface area contributed by atoms with Crippen LogP contribution in [0.25, 0.3) is 10.9 Å². The molecular formula is C31H42N4O3S. The largest absolute Gasteiger partial charge is 0.456 e. The summed E-state index contributed by atoms with van der Waals surface area (Å²) in [5.74, 6) is 1.57. The molecule has 0 saturated heterocycles. The summed E-state index contributed by atoms with van der Waals surface area (Å²) in [5, 5.41) is 7.59. The van der Waals surface area contributed by atoms with Crippen LogP contribution < -0.4 is 10.1 Å². The average molecular weight is 551 g/mol. The second kappa shape index (κ2) is 14.6. The summed E-state index contributed by atoms with van der Waals surface area (Å²) in [7, 11) is -1.04. The van der Waals surface area contributed by atoms with E-state index in [-0.39, 0.29) is 10.8 Å². The minimum Gasteiger partial charge on any atom is -0.456 e. The number of nitrogens with one attached hydrogen (secondary N) is 1. The van der Waals surface area contributed by atoms with Crippen molar-refractivity contribution in [1.29, 1.82) is 0 Å². The van der Waals surface area contributed by atoms with Crippen LogP contribution in [-0.4, -0.2) is 30.6 Å². The monoisotopic (exact) mass is 550 g/mol. The van der Waals surface area contributed by atoms with Gasteiger partial charge in [-0.15, -0.1) is 0 Å². The molecule has 0 radical (unpaired) electrons. The molecule has 0 aliphatic carbocycles. The Morgan fingerprint density at radius 1 is 1.08 bits per heavy atom. The third-order valence-corrected chi connectivity index (χ3v) is 7.27. The standard InChI is InChI=1S/C21H23NO2S.C8H13N3O.C2H6/c1-5-16-6-9-20(15(4)12-16)24-21-10-11-22-19-8-7-17(13-18(19)21)25(23)14(2)3;1-8(2,3)11-5-7(4-10-11)9-6-12;1-2/h6-14H,5H2,1-4H3;4-6H,1-3H3,(H,9,12);1-2H3. The first-order chi connectivity index (χ1) is 18.5. The van der Waals surface area contributed by atoms with E-state index in [2.05, 4.69) is 41.4 Å². The number of anilines is 1. The zero-order valence-corrected chi connectivity index (χ0v) is 25.4. The Bertz CT molecular complexity index is 1390. The molecule has 0 fully saturated rings. The highest BCUT2D eigenvalue weighted by atomic mass is 32.2. The van der Waals surface area contributed by atoms with Crippen LogP contribution in [0.3, 0.4) is 0 Å². The van der Waals surface area contributed by atoms with E-state index in [4.69, 9.17) is 4.74 Å². The lowest BCUT2D eigenvalue weighted by atomic mass is 10.1. The number of hydrogen-bond acceptors (Lipinski definition) is 5. The van der Waals surface area contributed by atoms with Crippen LogP contribution in [-0.2, 0) is 27.6 Å². The van der Waals surface area contributed by atoms with Gasteiger partial charge in [0.25, 0.3) is 0 Å². The highest BCUT2D eigenvalue weighted by molar-refractivity contribution is 7.85. The van der Waals surface area contributed by atoms with Crippen molar-refractivity contribution < 1.29 is 13.7 Å². The van der Waals surface area contributed by atoms with Crippen LogP contribution in [0.1, 0.15) is 66.5 Å². The zero-order valence-electron chi connectivity index (χ0n) is 24.6. The van der Waals surface area contributed by atoms with E-state index in [1.807, 2.05) is 78.8 Å². The maximum absolute atomic E-state index is 12.4. The maximum atomic E-state index is 12.4. The fourth-order valence-corrected chi connectivity index (χ4v) is 4.56. The smallest absolute Gasteiger partial charge is 0.211 e. The van der Waals surface area contributed by atoms with Gasteiger partial charge >= 0.3 is 0 Å². The van der Waals surface area contributed by atoms with E-state index in [0.717, 1.165) is 45.0 Å². The van der Waals surface area contributed by atoms with Crippen LogP contribution in [0.2, 0.25) is 0 Å². The minimum absolute atomic E-state index is 0.0389. The molecule has 0 aliphatic rings. The van der Waals surface area contributed by atoms with Crippen molar-refractivity contribution in [3.8, 4) is 11.5 Å². The number of carbonyl (C=O) groups is 1. The Morgan fingerprint density at radius 3 is 2.36 bits per heavy atom. The summed E-state index contributed by atoms with van der Waals surface area (Å²) < 4.78 is 20.4. The van der Waals surface area contributed by atoms with Gasteiger partial charge in [0.15, 0.2) is 0 Å². The number of pyridine rings is 1. The predicted octanol–water partition coefficient (Wildman–Crippen LogP) is 7.65. The van der Waals surface area contributed by atoms with Crippen LogP contribution in [0, 0.1) is 6.92 Å². The van der Waals surface area contributed by atoms with Gasteiger partial charge in [0.05, 0.1) is 33.7 Å². The summed E-state index contributed by atoms with van der Waals surface area (Å²) in [5.41, 5.74) is 3.91. The molecule has 2 aromatic carbocycles. The van der Waals surface area contributed by atoms with E-state index in [1.165, 1.54) is 5.56 Å². The van der Waals surface area contributed by atoms with Crippen molar-refractivity contribution in [3.63, 3.8) is 0 Å². The molecule has 7 nitrogen and oxygen atoms in total. The Labute approximate surface area is 235 Å². The molecule has 1 unspecified atom stereocenters. The zero-order chi connectivity index (χ0) is 29.2. The van der Waals surface area contributed by atoms with Crippen molar-refractivity contribution in [2.45, 2.75) is 84.4 Å². The molecular weight excluding hydrogens is 508 g/mol. The molecule has 1 amide bonds. The minimum atomic E-state index is -1.04. The van der Waals surface area contributed by atoms with Crippen molar-refractivity contribution in [2.75, 3.05) is 5.32 Å². The molecule has 1 atom stereocenters. The van der Waals surface area contributed by atoms with Crippen molar-refractivity contribution >= 4 is 33.8 Å². The lowest BCUT2D eigenvalue weighted by molar-refractivity contribution is -0.105. The molecule has 0 bridgehead atoms. The third-order valence-electron chi connectivity index (χ3n) is 5.70. The number of nitrogens with zero attached hydrogens (tertiary/aromatic N) is 3. The Hall–Kier alpha value is -3.52. The molecule has 8 heteroatoms. The van der Waals surface area contributed by atoms with Crippen molar-refractivity contribution in [3.05, 3.63) is 72.2 Å². The molecule has 0 aliphatic heterocycles. The number of aryl methyl sites for hydroxylation is 2. The summed E-state index contributed by atoms with van der Waals surface area (Å²) in [6, 6.07) is 13.8. The average Bonchev–Trinajstić information content (AvgIpc) is 3.40. The lowest BCUT2D eigenvalue weighted by Gasteiger charge is -2.18. The van der Waals surface area contributed by atoms with E-state index >= 15 is 0 Å². The molecule has 39 heavy (non-hydrogen) atoms. The quantitative estimate of drug-likeness (QED) is 0.239. The Balaban J connectivity index is 0.000000320. The van der Waals surface area contributed by atoms with Gasteiger partial charge in [-0.05, 0) is 75.6 Å². The van der Waals surface area contributed by atoms with Crippen LogP contribution in [0.5, 0.6) is 11.5 Å². The second-order valence-electron chi connectivity index (χ2n) is 10.00. The number of amides is 1. The van der Waals surface area contributed by atoms with Crippen LogP contribution >= 0.6 is 0 Å². The molecule has 2 aromatic heterocycles. The Kier molecular flexibility index (Phi) is 11.9. The van der Waals surface area contributed by atoms with Gasteiger partial charge < -0.3 is 10.1 Å². The summed E-state index contributed by atoms with van der Waals surface area (Å²) in [6.07, 6.45) is 6.81. The van der Waals surface area contributed by atoms with Crippen molar-refractivity contribution in [2.24, 2.45) is 0 Å². The normalized spacial score (nSPS) is 11.6. The number of benzene rings is 2. The van der Waals surface area contributed by atoms with Crippen LogP contribution in [0.15, 0.2) is 66.0 Å². The van der Waals surface area contributed by atoms with Crippen LogP contribution in [0.4, 0.5) is 5.69 Å². The second-order valence-corrected chi connectivity index (χ2v) is 12.0. The van der Waals surface area contributed by atoms with Crippen molar-refractivity contribution in [1.82, 2.24) is 14.8 Å². The molecule has 210 valence electrons. The summed E-state index contributed by atoms with van der Waals surface area (Å²) in [6.45, 7) is 18.2. The highest BCUT2D eigenvalue weighted by Crippen LogP contribution is 2.32. The predicted molar refractivity (Wildman–Crippen MR) is 162 cm³/mol. The van der Waals surface area contributed by atoms with Gasteiger partial charge in [-0.1, -0.05) is 46.8 Å². The number of hydrogen-bond donors (Lipinski definition) is 1. The first kappa shape index (κ1) is 31.7. The van der Waals surface area contributed by atoms with Gasteiger partial charge in [-0.3, -0.25) is 18.7 Å². The first-order valence-electron chi connectivity index (χ1n) is 13.4. The molecule has 4 rings (SSSR count). The summed E-state index contributed by atoms with van der Waals surface area (Å²) >= 11 is 0. The van der Waals surface area contributed by atoms with Gasteiger partial charge in [0.1, 0.15) is 11.5 Å². The van der Waals surface area contributed by atoms with E-state index in [1.54, 1.807) is 23.3 Å². The summed E-state index contributed by atoms with van der Waals surface area (Å²) in [4.78, 5) is 15.3. The molecule has 0 saturated carbocycles. The number of aromatic nitrogens is 3. The third kappa shape index (κ3) is 8.75. The number of carbonyl (C=O) groups excluding carboxylic acids is 1. The molecule has 1 N–H and O–H groups in total. The van der Waals surface area contributed by atoms with E-state index < -0.39 is 10.8 Å². The maximum Gasteiger partial charge on any atom is 0.211 e. The molecule has 0 spiro atoms. The fraction of sp³-hybridized carbons (Fsp3) is 0.387. The SMILES string of the molecule is CC.CC(C)(C)n1cc(NC=O)cn1.CCc1ccc(Oc2ccnc3ccc(S(=O)C(C)C)cc23)c(C)c1. The van der Waals surface area contributed by atoms with Gasteiger partial charge in [-0.25, -0.2) is 0 Å². The number of fused-ring (bicyclic) bond motifs is 1. The molecule has 2 heterocycles. The molecule has 4 aromatic rings. The van der Waals surface area contributed by atoms with E-state index in [0.29, 0.717) is 6.41 Å². The van der Waals surface area contributed by atoms with Gasteiger partial charge in [-0.2, -0.15) is 5.10 Å². The highest BCUT2D eigenvalue weighted by Gasteiger charge is 2.14. The number of rotatable bonds is 7. The fourth-order valence-electron chi connectivity index (χ4n) is 3.58. The topological polar surface area (TPSA) is 86.1 Å². The van der Waals surface area contributed by atoms with Gasteiger partial charge in [0, 0.05) is 27.9 Å². The lowest BCUT2D eigenvalue weighted by Crippen LogP contribution is -2.21. The van der Waals surface area contributed by atoms with E-state index in [9.17, 15) is 9.00 Å². The first-order valence-corrected chi connectivity index (χ1v) is 14.6. The number of ether oxygens (including phenoxy) is 1.